The third-order valence-electron chi connectivity index (χ3n) is 4.90. The van der Waals surface area contributed by atoms with E-state index in [4.69, 9.17) is 0 Å². The molecule has 3 rings (SSSR count). The molecule has 0 saturated carbocycles. The first-order valence-corrected chi connectivity index (χ1v) is 9.22. The summed E-state index contributed by atoms with van der Waals surface area (Å²) in [6.07, 6.45) is 3.69. The molecule has 2 aromatic rings. The van der Waals surface area contributed by atoms with Crippen molar-refractivity contribution >= 4 is 17.5 Å². The predicted octanol–water partition coefficient (Wildman–Crippen LogP) is 2.88. The van der Waals surface area contributed by atoms with E-state index in [0.717, 1.165) is 35.3 Å². The van der Waals surface area contributed by atoms with Gasteiger partial charge in [-0.15, -0.1) is 0 Å². The lowest BCUT2D eigenvalue weighted by molar-refractivity contribution is -0.126. The van der Waals surface area contributed by atoms with E-state index in [1.54, 1.807) is 6.20 Å². The Hall–Kier alpha value is -2.69. The topological polar surface area (TPSA) is 62.3 Å². The van der Waals surface area contributed by atoms with Gasteiger partial charge in [-0.05, 0) is 36.1 Å². The SMILES string of the molecule is CCc1cccc(CC)c1N1CC(C(=O)NCc2ccccn2)CC1=O. The van der Waals surface area contributed by atoms with Crippen LogP contribution >= 0.6 is 0 Å². The highest BCUT2D eigenvalue weighted by Gasteiger charge is 2.36. The number of hydrogen-bond donors (Lipinski definition) is 1. The summed E-state index contributed by atoms with van der Waals surface area (Å²) in [5, 5.41) is 2.91. The molecule has 1 atom stereocenters. The fourth-order valence-corrected chi connectivity index (χ4v) is 3.49. The summed E-state index contributed by atoms with van der Waals surface area (Å²) in [4.78, 5) is 31.2. The average molecular weight is 351 g/mol. The van der Waals surface area contributed by atoms with Crippen molar-refractivity contribution in [3.05, 3.63) is 59.4 Å². The van der Waals surface area contributed by atoms with Crippen LogP contribution in [0.4, 0.5) is 5.69 Å². The Morgan fingerprint density at radius 1 is 1.15 bits per heavy atom. The number of para-hydroxylation sites is 1. The summed E-state index contributed by atoms with van der Waals surface area (Å²) < 4.78 is 0. The van der Waals surface area contributed by atoms with Crippen molar-refractivity contribution in [3.63, 3.8) is 0 Å². The fraction of sp³-hybridized carbons (Fsp3) is 0.381. The van der Waals surface area contributed by atoms with Gasteiger partial charge >= 0.3 is 0 Å². The van der Waals surface area contributed by atoms with Crippen molar-refractivity contribution in [1.29, 1.82) is 0 Å². The van der Waals surface area contributed by atoms with Crippen LogP contribution in [0.3, 0.4) is 0 Å². The molecular weight excluding hydrogens is 326 g/mol. The number of pyridine rings is 1. The van der Waals surface area contributed by atoms with Gasteiger partial charge in [0.1, 0.15) is 0 Å². The lowest BCUT2D eigenvalue weighted by Crippen LogP contribution is -2.33. The number of carbonyl (C=O) groups excluding carboxylic acids is 2. The summed E-state index contributed by atoms with van der Waals surface area (Å²) >= 11 is 0. The van der Waals surface area contributed by atoms with Gasteiger partial charge in [-0.1, -0.05) is 38.1 Å². The lowest BCUT2D eigenvalue weighted by atomic mass is 10.0. The van der Waals surface area contributed by atoms with Gasteiger partial charge in [0, 0.05) is 24.8 Å². The molecule has 5 nitrogen and oxygen atoms in total. The standard InChI is InChI=1S/C21H25N3O2/c1-3-15-8-7-9-16(4-2)20(15)24-14-17(12-19(24)25)21(26)23-13-18-10-5-6-11-22-18/h5-11,17H,3-4,12-14H2,1-2H3,(H,23,26). The monoisotopic (exact) mass is 351 g/mol. The Morgan fingerprint density at radius 3 is 2.50 bits per heavy atom. The normalized spacial score (nSPS) is 16.8. The summed E-state index contributed by atoms with van der Waals surface area (Å²) in [7, 11) is 0. The number of hydrogen-bond acceptors (Lipinski definition) is 3. The third-order valence-corrected chi connectivity index (χ3v) is 4.90. The number of aryl methyl sites for hydroxylation is 2. The smallest absolute Gasteiger partial charge is 0.227 e. The van der Waals surface area contributed by atoms with Gasteiger partial charge in [-0.2, -0.15) is 0 Å². The highest BCUT2D eigenvalue weighted by molar-refractivity contribution is 6.01. The predicted molar refractivity (Wildman–Crippen MR) is 102 cm³/mol. The van der Waals surface area contributed by atoms with Crippen molar-refractivity contribution in [2.75, 3.05) is 11.4 Å². The molecule has 136 valence electrons. The summed E-state index contributed by atoms with van der Waals surface area (Å²) in [5.74, 6) is -0.377. The zero-order chi connectivity index (χ0) is 18.5. The fourth-order valence-electron chi connectivity index (χ4n) is 3.49. The van der Waals surface area contributed by atoms with Crippen molar-refractivity contribution in [3.8, 4) is 0 Å². The Bertz CT molecular complexity index is 767. The summed E-state index contributed by atoms with van der Waals surface area (Å²) in [6, 6.07) is 11.8. The molecule has 1 aliphatic rings. The van der Waals surface area contributed by atoms with Gasteiger partial charge in [0.2, 0.25) is 11.8 Å². The zero-order valence-electron chi connectivity index (χ0n) is 15.4. The second kappa shape index (κ2) is 8.13. The number of amides is 2. The van der Waals surface area contributed by atoms with Gasteiger partial charge < -0.3 is 10.2 Å². The molecule has 26 heavy (non-hydrogen) atoms. The Balaban J connectivity index is 1.72. The number of nitrogens with one attached hydrogen (secondary N) is 1. The molecule has 0 radical (unpaired) electrons. The largest absolute Gasteiger partial charge is 0.350 e. The number of rotatable bonds is 6. The minimum atomic E-state index is -0.319. The van der Waals surface area contributed by atoms with E-state index in [1.165, 1.54) is 0 Å². The highest BCUT2D eigenvalue weighted by Crippen LogP contribution is 2.32. The molecule has 1 N–H and O–H groups in total. The van der Waals surface area contributed by atoms with Crippen molar-refractivity contribution in [2.24, 2.45) is 5.92 Å². The zero-order valence-corrected chi connectivity index (χ0v) is 15.4. The van der Waals surface area contributed by atoms with Gasteiger partial charge in [-0.3, -0.25) is 14.6 Å². The molecule has 0 bridgehead atoms. The maximum Gasteiger partial charge on any atom is 0.227 e. The maximum atomic E-state index is 12.6. The Labute approximate surface area is 154 Å². The van der Waals surface area contributed by atoms with Crippen LogP contribution in [-0.4, -0.2) is 23.3 Å². The number of anilines is 1. The first-order chi connectivity index (χ1) is 12.6. The molecule has 1 aromatic heterocycles. The summed E-state index contributed by atoms with van der Waals surface area (Å²) in [5.41, 5.74) is 4.13. The quantitative estimate of drug-likeness (QED) is 0.870. The van der Waals surface area contributed by atoms with E-state index >= 15 is 0 Å². The van der Waals surface area contributed by atoms with Crippen LogP contribution in [-0.2, 0) is 29.0 Å². The average Bonchev–Trinajstić information content (AvgIpc) is 3.07. The van der Waals surface area contributed by atoms with Crippen molar-refractivity contribution in [2.45, 2.75) is 39.7 Å². The second-order valence-corrected chi connectivity index (χ2v) is 6.58. The van der Waals surface area contributed by atoms with E-state index in [-0.39, 0.29) is 24.2 Å². The molecule has 1 aromatic carbocycles. The van der Waals surface area contributed by atoms with Crippen molar-refractivity contribution in [1.82, 2.24) is 10.3 Å². The first kappa shape index (κ1) is 18.1. The number of nitrogens with zero attached hydrogens (tertiary/aromatic N) is 2. The number of carbonyl (C=O) groups is 2. The third kappa shape index (κ3) is 3.77. The number of aromatic nitrogens is 1. The van der Waals surface area contributed by atoms with E-state index in [1.807, 2.05) is 29.2 Å². The van der Waals surface area contributed by atoms with E-state index in [2.05, 4.69) is 36.3 Å². The van der Waals surface area contributed by atoms with Gasteiger partial charge in [-0.25, -0.2) is 0 Å². The molecule has 2 heterocycles. The minimum Gasteiger partial charge on any atom is -0.350 e. The van der Waals surface area contributed by atoms with Crippen LogP contribution in [0.1, 0.15) is 37.1 Å². The lowest BCUT2D eigenvalue weighted by Gasteiger charge is -2.23. The second-order valence-electron chi connectivity index (χ2n) is 6.58. The number of benzene rings is 1. The van der Waals surface area contributed by atoms with E-state index in [9.17, 15) is 9.59 Å². The molecule has 1 saturated heterocycles. The first-order valence-electron chi connectivity index (χ1n) is 9.22. The molecule has 0 aliphatic carbocycles. The summed E-state index contributed by atoms with van der Waals surface area (Å²) in [6.45, 7) is 5.01. The molecule has 1 fully saturated rings. The molecule has 0 spiro atoms. The maximum absolute atomic E-state index is 12.6. The molecule has 1 aliphatic heterocycles. The van der Waals surface area contributed by atoms with Gasteiger partial charge in [0.05, 0.1) is 18.2 Å². The highest BCUT2D eigenvalue weighted by atomic mass is 16.2. The van der Waals surface area contributed by atoms with E-state index in [0.29, 0.717) is 13.1 Å². The minimum absolute atomic E-state index is 0.0265. The Kier molecular flexibility index (Phi) is 5.66. The van der Waals surface area contributed by atoms with Crippen LogP contribution in [0.25, 0.3) is 0 Å². The van der Waals surface area contributed by atoms with Crippen LogP contribution in [0.15, 0.2) is 42.6 Å². The van der Waals surface area contributed by atoms with Gasteiger partial charge in [0.25, 0.3) is 0 Å². The van der Waals surface area contributed by atoms with E-state index < -0.39 is 0 Å². The Morgan fingerprint density at radius 2 is 1.88 bits per heavy atom. The van der Waals surface area contributed by atoms with Crippen LogP contribution < -0.4 is 10.2 Å². The molecule has 5 heteroatoms. The van der Waals surface area contributed by atoms with Crippen LogP contribution in [0, 0.1) is 5.92 Å². The van der Waals surface area contributed by atoms with Crippen LogP contribution in [0.5, 0.6) is 0 Å². The molecule has 1 unspecified atom stereocenters. The molecule has 2 amide bonds. The molecular formula is C21H25N3O2. The van der Waals surface area contributed by atoms with Crippen LogP contribution in [0.2, 0.25) is 0 Å². The van der Waals surface area contributed by atoms with Crippen molar-refractivity contribution < 1.29 is 9.59 Å². The van der Waals surface area contributed by atoms with Gasteiger partial charge in [0.15, 0.2) is 0 Å².